The van der Waals surface area contributed by atoms with Crippen LogP contribution in [0, 0.1) is 0 Å². The Bertz CT molecular complexity index is 838. The minimum Gasteiger partial charge on any atom is -0.351 e. The molecule has 2 aromatic rings. The van der Waals surface area contributed by atoms with Gasteiger partial charge in [-0.15, -0.1) is 0 Å². The molecule has 1 amide bonds. The lowest BCUT2D eigenvalue weighted by Crippen LogP contribution is -2.46. The Hall–Kier alpha value is -1.93. The Morgan fingerprint density at radius 2 is 2.21 bits per heavy atom. The van der Waals surface area contributed by atoms with Crippen LogP contribution in [-0.4, -0.2) is 49.3 Å². The Morgan fingerprint density at radius 3 is 2.92 bits per heavy atom. The average molecular weight is 350 g/mol. The fourth-order valence-electron chi connectivity index (χ4n) is 3.04. The maximum atomic E-state index is 12.4. The van der Waals surface area contributed by atoms with Gasteiger partial charge in [-0.3, -0.25) is 4.79 Å². The zero-order valence-corrected chi connectivity index (χ0v) is 14.5. The summed E-state index contributed by atoms with van der Waals surface area (Å²) in [5.41, 5.74) is 1.47. The molecule has 1 aromatic carbocycles. The molecule has 1 aromatic heterocycles. The molecule has 2 N–H and O–H groups in total. The lowest BCUT2D eigenvalue weighted by atomic mass is 10.1. The summed E-state index contributed by atoms with van der Waals surface area (Å²) in [5, 5.41) is 6.27. The first-order chi connectivity index (χ1) is 11.4. The summed E-state index contributed by atoms with van der Waals surface area (Å²) in [6.45, 7) is 1.82. The Kier molecular flexibility index (Phi) is 4.86. The van der Waals surface area contributed by atoms with Gasteiger partial charge in [-0.05, 0) is 31.5 Å². The molecule has 0 saturated carbocycles. The largest absolute Gasteiger partial charge is 0.351 e. The molecule has 0 unspecified atom stereocenters. The first kappa shape index (κ1) is 16.9. The molecule has 1 aliphatic rings. The molecule has 0 bridgehead atoms. The normalized spacial score (nSPS) is 18.6. The van der Waals surface area contributed by atoms with E-state index in [4.69, 9.17) is 0 Å². The van der Waals surface area contributed by atoms with Crippen molar-refractivity contribution in [3.63, 3.8) is 0 Å². The van der Waals surface area contributed by atoms with Gasteiger partial charge in [-0.2, -0.15) is 0 Å². The molecule has 1 aliphatic heterocycles. The lowest BCUT2D eigenvalue weighted by Gasteiger charge is -2.24. The van der Waals surface area contributed by atoms with Gasteiger partial charge in [-0.25, -0.2) is 13.4 Å². The van der Waals surface area contributed by atoms with Crippen LogP contribution < -0.4 is 10.6 Å². The molecule has 1 saturated heterocycles. The number of benzene rings is 1. The summed E-state index contributed by atoms with van der Waals surface area (Å²) in [6, 6.07) is 7.49. The van der Waals surface area contributed by atoms with Crippen LogP contribution in [0.4, 0.5) is 0 Å². The highest BCUT2D eigenvalue weighted by molar-refractivity contribution is 7.89. The number of amides is 1. The second kappa shape index (κ2) is 6.90. The van der Waals surface area contributed by atoms with E-state index in [0.717, 1.165) is 31.4 Å². The van der Waals surface area contributed by atoms with Crippen molar-refractivity contribution in [2.24, 2.45) is 0 Å². The zero-order valence-electron chi connectivity index (χ0n) is 13.7. The predicted octanol–water partition coefficient (Wildman–Crippen LogP) is 0.449. The van der Waals surface area contributed by atoms with Gasteiger partial charge in [0.1, 0.15) is 18.1 Å². The van der Waals surface area contributed by atoms with E-state index in [2.05, 4.69) is 15.6 Å². The van der Waals surface area contributed by atoms with Gasteiger partial charge in [0.25, 0.3) is 0 Å². The molecule has 7 nitrogen and oxygen atoms in total. The van der Waals surface area contributed by atoms with E-state index in [9.17, 15) is 13.2 Å². The average Bonchev–Trinajstić information content (AvgIpc) is 2.84. The number of hydrogen-bond donors (Lipinski definition) is 2. The van der Waals surface area contributed by atoms with Crippen molar-refractivity contribution in [3.05, 3.63) is 30.1 Å². The highest BCUT2D eigenvalue weighted by Crippen LogP contribution is 2.17. The van der Waals surface area contributed by atoms with Crippen LogP contribution >= 0.6 is 0 Å². The maximum Gasteiger partial charge on any atom is 0.240 e. The smallest absolute Gasteiger partial charge is 0.240 e. The minimum atomic E-state index is -3.24. The number of piperidine rings is 1. The highest BCUT2D eigenvalue weighted by Gasteiger charge is 2.19. The SMILES string of the molecule is CS(=O)(=O)Cc1nc2ccccc2n1CC(=O)N[C@H]1CCCNC1. The van der Waals surface area contributed by atoms with E-state index >= 15 is 0 Å². The van der Waals surface area contributed by atoms with Gasteiger partial charge in [-0.1, -0.05) is 12.1 Å². The predicted molar refractivity (Wildman–Crippen MR) is 92.3 cm³/mol. The lowest BCUT2D eigenvalue weighted by molar-refractivity contribution is -0.122. The number of rotatable bonds is 5. The van der Waals surface area contributed by atoms with Gasteiger partial charge in [0.05, 0.1) is 11.0 Å². The van der Waals surface area contributed by atoms with Gasteiger partial charge in [0.2, 0.25) is 5.91 Å². The molecule has 130 valence electrons. The Morgan fingerprint density at radius 1 is 1.42 bits per heavy atom. The van der Waals surface area contributed by atoms with E-state index in [-0.39, 0.29) is 24.2 Å². The number of carbonyl (C=O) groups is 1. The van der Waals surface area contributed by atoms with Crippen molar-refractivity contribution in [2.45, 2.75) is 31.2 Å². The summed E-state index contributed by atoms with van der Waals surface area (Å²) in [5.74, 6) is 0.0946. The van der Waals surface area contributed by atoms with Crippen molar-refractivity contribution in [1.82, 2.24) is 20.2 Å². The van der Waals surface area contributed by atoms with Crippen LogP contribution in [0.25, 0.3) is 11.0 Å². The zero-order chi connectivity index (χ0) is 17.2. The summed E-state index contributed by atoms with van der Waals surface area (Å²) >= 11 is 0. The molecule has 8 heteroatoms. The van der Waals surface area contributed by atoms with Crippen LogP contribution in [-0.2, 0) is 26.9 Å². The van der Waals surface area contributed by atoms with Crippen LogP contribution in [0.2, 0.25) is 0 Å². The molecule has 0 aliphatic carbocycles. The molecule has 24 heavy (non-hydrogen) atoms. The molecule has 2 heterocycles. The van der Waals surface area contributed by atoms with E-state index in [0.29, 0.717) is 11.3 Å². The fraction of sp³-hybridized carbons (Fsp3) is 0.500. The highest BCUT2D eigenvalue weighted by atomic mass is 32.2. The topological polar surface area (TPSA) is 93.1 Å². The van der Waals surface area contributed by atoms with Gasteiger partial charge in [0.15, 0.2) is 9.84 Å². The standard InChI is InChI=1S/C16H22N4O3S/c1-24(22,23)11-15-19-13-6-2-3-7-14(13)20(15)10-16(21)18-12-5-4-8-17-9-12/h2-3,6-7,12,17H,4-5,8-11H2,1H3,(H,18,21)/t12-/m0/s1. The number of nitrogens with one attached hydrogen (secondary N) is 2. The number of fused-ring (bicyclic) bond motifs is 1. The van der Waals surface area contributed by atoms with Gasteiger partial charge >= 0.3 is 0 Å². The quantitative estimate of drug-likeness (QED) is 0.817. The number of hydrogen-bond acceptors (Lipinski definition) is 5. The summed E-state index contributed by atoms with van der Waals surface area (Å²) in [7, 11) is -3.24. The van der Waals surface area contributed by atoms with Crippen molar-refractivity contribution < 1.29 is 13.2 Å². The summed E-state index contributed by atoms with van der Waals surface area (Å²) in [6.07, 6.45) is 3.17. The van der Waals surface area contributed by atoms with Crippen molar-refractivity contribution >= 4 is 26.8 Å². The van der Waals surface area contributed by atoms with Crippen LogP contribution in [0.1, 0.15) is 18.7 Å². The number of imidazole rings is 1. The second-order valence-corrected chi connectivity index (χ2v) is 8.42. The van der Waals surface area contributed by atoms with E-state index in [1.165, 1.54) is 6.26 Å². The summed E-state index contributed by atoms with van der Waals surface area (Å²) < 4.78 is 25.0. The molecule has 0 radical (unpaired) electrons. The molecule has 0 spiro atoms. The molecule has 3 rings (SSSR count). The third kappa shape index (κ3) is 4.12. The van der Waals surface area contributed by atoms with Gasteiger partial charge in [0, 0.05) is 18.8 Å². The first-order valence-electron chi connectivity index (χ1n) is 8.04. The fourth-order valence-corrected chi connectivity index (χ4v) is 3.73. The second-order valence-electron chi connectivity index (χ2n) is 6.28. The third-order valence-electron chi connectivity index (χ3n) is 4.09. The van der Waals surface area contributed by atoms with Crippen molar-refractivity contribution in [1.29, 1.82) is 0 Å². The molecule has 1 atom stereocenters. The maximum absolute atomic E-state index is 12.4. The van der Waals surface area contributed by atoms with E-state index in [1.807, 2.05) is 24.3 Å². The molecular weight excluding hydrogens is 328 g/mol. The van der Waals surface area contributed by atoms with Crippen LogP contribution in [0.5, 0.6) is 0 Å². The van der Waals surface area contributed by atoms with E-state index in [1.54, 1.807) is 4.57 Å². The van der Waals surface area contributed by atoms with Crippen LogP contribution in [0.3, 0.4) is 0 Å². The van der Waals surface area contributed by atoms with Gasteiger partial charge < -0.3 is 15.2 Å². The number of carbonyl (C=O) groups excluding carboxylic acids is 1. The van der Waals surface area contributed by atoms with Crippen LogP contribution in [0.15, 0.2) is 24.3 Å². The number of para-hydroxylation sites is 2. The number of nitrogens with zero attached hydrogens (tertiary/aromatic N) is 2. The minimum absolute atomic E-state index is 0.0713. The number of aromatic nitrogens is 2. The Balaban J connectivity index is 1.83. The molecule has 1 fully saturated rings. The monoisotopic (exact) mass is 350 g/mol. The van der Waals surface area contributed by atoms with Crippen molar-refractivity contribution in [2.75, 3.05) is 19.3 Å². The Labute approximate surface area is 141 Å². The summed E-state index contributed by atoms with van der Waals surface area (Å²) in [4.78, 5) is 16.8. The third-order valence-corrected chi connectivity index (χ3v) is 4.87. The van der Waals surface area contributed by atoms with Crippen molar-refractivity contribution in [3.8, 4) is 0 Å². The number of sulfone groups is 1. The first-order valence-corrected chi connectivity index (χ1v) is 10.1. The van der Waals surface area contributed by atoms with E-state index < -0.39 is 9.84 Å². The molecular formula is C16H22N4O3S.